The number of aromatic hydroxyl groups is 1. The number of carbonyl (C=O) groups is 2. The third kappa shape index (κ3) is 4.86. The van der Waals surface area contributed by atoms with Crippen LogP contribution in [0.1, 0.15) is 18.9 Å². The first kappa shape index (κ1) is 14.0. The van der Waals surface area contributed by atoms with Crippen molar-refractivity contribution in [3.63, 3.8) is 0 Å². The van der Waals surface area contributed by atoms with Crippen LogP contribution < -0.4 is 10.6 Å². The van der Waals surface area contributed by atoms with Crippen molar-refractivity contribution in [3.8, 4) is 5.75 Å². The Morgan fingerprint density at radius 1 is 1.17 bits per heavy atom. The minimum atomic E-state index is -0.208. The summed E-state index contributed by atoms with van der Waals surface area (Å²) in [5.41, 5.74) is 0.577. The molecule has 98 valence electrons. The second kappa shape index (κ2) is 7.32. The minimum absolute atomic E-state index is 0.0830. The summed E-state index contributed by atoms with van der Waals surface area (Å²) in [4.78, 5) is 22.7. The van der Waals surface area contributed by atoms with Crippen LogP contribution in [0.4, 0.5) is 0 Å². The summed E-state index contributed by atoms with van der Waals surface area (Å²) < 4.78 is 0. The Morgan fingerprint density at radius 3 is 2.56 bits per heavy atom. The second-order valence-electron chi connectivity index (χ2n) is 3.86. The molecule has 0 radical (unpaired) electrons. The van der Waals surface area contributed by atoms with Crippen molar-refractivity contribution in [1.82, 2.24) is 10.6 Å². The molecule has 0 aliphatic carbocycles. The molecule has 0 atom stereocenters. The standard InChI is InChI=1S/C13H18N2O3/c1-2-14-12(17)7-8-15-13(18)9-10-5-3-4-6-11(10)16/h3-6,16H,2,7-9H2,1H3,(H,14,17)(H,15,18). The van der Waals surface area contributed by atoms with Gasteiger partial charge >= 0.3 is 0 Å². The van der Waals surface area contributed by atoms with Crippen molar-refractivity contribution in [3.05, 3.63) is 29.8 Å². The van der Waals surface area contributed by atoms with Crippen molar-refractivity contribution < 1.29 is 14.7 Å². The van der Waals surface area contributed by atoms with Crippen LogP contribution in [-0.2, 0) is 16.0 Å². The number of phenols is 1. The number of hydrogen-bond acceptors (Lipinski definition) is 3. The highest BCUT2D eigenvalue weighted by atomic mass is 16.3. The first-order valence-electron chi connectivity index (χ1n) is 5.93. The number of carbonyl (C=O) groups excluding carboxylic acids is 2. The van der Waals surface area contributed by atoms with Crippen molar-refractivity contribution in [2.24, 2.45) is 0 Å². The van der Waals surface area contributed by atoms with Gasteiger partial charge in [-0.05, 0) is 13.0 Å². The molecule has 0 aliphatic rings. The van der Waals surface area contributed by atoms with Gasteiger partial charge in [-0.15, -0.1) is 0 Å². The normalized spacial score (nSPS) is 9.83. The number of hydrogen-bond donors (Lipinski definition) is 3. The maximum Gasteiger partial charge on any atom is 0.224 e. The molecule has 5 nitrogen and oxygen atoms in total. The molecule has 18 heavy (non-hydrogen) atoms. The van der Waals surface area contributed by atoms with Crippen LogP contribution in [0.2, 0.25) is 0 Å². The number of amides is 2. The maximum absolute atomic E-state index is 11.6. The van der Waals surface area contributed by atoms with Crippen LogP contribution >= 0.6 is 0 Å². The molecule has 0 aromatic heterocycles. The van der Waals surface area contributed by atoms with Crippen LogP contribution in [-0.4, -0.2) is 30.0 Å². The fraction of sp³-hybridized carbons (Fsp3) is 0.385. The third-order valence-electron chi connectivity index (χ3n) is 2.39. The zero-order valence-corrected chi connectivity index (χ0v) is 10.4. The number of benzene rings is 1. The maximum atomic E-state index is 11.6. The van der Waals surface area contributed by atoms with Gasteiger partial charge in [-0.25, -0.2) is 0 Å². The molecule has 0 saturated heterocycles. The molecule has 1 rings (SSSR count). The van der Waals surface area contributed by atoms with Crippen molar-refractivity contribution >= 4 is 11.8 Å². The number of rotatable bonds is 6. The number of nitrogens with one attached hydrogen (secondary N) is 2. The quantitative estimate of drug-likeness (QED) is 0.691. The summed E-state index contributed by atoms with van der Waals surface area (Å²) >= 11 is 0. The lowest BCUT2D eigenvalue weighted by molar-refractivity contribution is -0.121. The van der Waals surface area contributed by atoms with Gasteiger partial charge in [0.1, 0.15) is 5.75 Å². The van der Waals surface area contributed by atoms with E-state index in [1.165, 1.54) is 6.07 Å². The summed E-state index contributed by atoms with van der Waals surface area (Å²) in [7, 11) is 0. The Kier molecular flexibility index (Phi) is 5.70. The summed E-state index contributed by atoms with van der Waals surface area (Å²) in [5, 5.41) is 14.8. The SMILES string of the molecule is CCNC(=O)CCNC(=O)Cc1ccccc1O. The summed E-state index contributed by atoms with van der Waals surface area (Å²) in [6, 6.07) is 6.69. The zero-order valence-electron chi connectivity index (χ0n) is 10.4. The summed E-state index contributed by atoms with van der Waals surface area (Å²) in [6.07, 6.45) is 0.377. The van der Waals surface area contributed by atoms with Gasteiger partial charge in [-0.1, -0.05) is 18.2 Å². The Balaban J connectivity index is 2.30. The molecule has 0 fully saturated rings. The Bertz CT molecular complexity index is 418. The van der Waals surface area contributed by atoms with Gasteiger partial charge in [0.2, 0.25) is 11.8 Å². The predicted octanol–water partition coefficient (Wildman–Crippen LogP) is 0.577. The molecular weight excluding hydrogens is 232 g/mol. The zero-order chi connectivity index (χ0) is 13.4. The highest BCUT2D eigenvalue weighted by Crippen LogP contribution is 2.15. The van der Waals surface area contributed by atoms with Gasteiger partial charge in [0, 0.05) is 25.1 Å². The number of phenolic OH excluding ortho intramolecular Hbond substituents is 1. The second-order valence-corrected chi connectivity index (χ2v) is 3.86. The van der Waals surface area contributed by atoms with Gasteiger partial charge in [-0.2, -0.15) is 0 Å². The van der Waals surface area contributed by atoms with E-state index in [0.717, 1.165) is 0 Å². The monoisotopic (exact) mass is 250 g/mol. The summed E-state index contributed by atoms with van der Waals surface area (Å²) in [5.74, 6) is -0.183. The van der Waals surface area contributed by atoms with Gasteiger partial charge in [0.05, 0.1) is 6.42 Å². The van der Waals surface area contributed by atoms with E-state index in [0.29, 0.717) is 18.7 Å². The van der Waals surface area contributed by atoms with Gasteiger partial charge in [0.25, 0.3) is 0 Å². The molecule has 0 unspecified atom stereocenters. The van der Waals surface area contributed by atoms with Crippen LogP contribution in [0.3, 0.4) is 0 Å². The van der Waals surface area contributed by atoms with Gasteiger partial charge in [0.15, 0.2) is 0 Å². The lowest BCUT2D eigenvalue weighted by Gasteiger charge is -2.06. The molecule has 0 aliphatic heterocycles. The van der Waals surface area contributed by atoms with Crippen LogP contribution in [0.5, 0.6) is 5.75 Å². The fourth-order valence-corrected chi connectivity index (χ4v) is 1.50. The highest BCUT2D eigenvalue weighted by molar-refractivity contribution is 5.80. The van der Waals surface area contributed by atoms with Crippen LogP contribution in [0.15, 0.2) is 24.3 Å². The van der Waals surface area contributed by atoms with E-state index in [9.17, 15) is 14.7 Å². The van der Waals surface area contributed by atoms with Crippen molar-refractivity contribution in [2.45, 2.75) is 19.8 Å². The van der Waals surface area contributed by atoms with Gasteiger partial charge in [-0.3, -0.25) is 9.59 Å². The smallest absolute Gasteiger partial charge is 0.224 e. The molecule has 0 heterocycles. The predicted molar refractivity (Wildman–Crippen MR) is 68.1 cm³/mol. The molecule has 3 N–H and O–H groups in total. The lowest BCUT2D eigenvalue weighted by Crippen LogP contribution is -2.31. The molecule has 1 aromatic rings. The Labute approximate surface area is 106 Å². The molecule has 0 spiro atoms. The van der Waals surface area contributed by atoms with Gasteiger partial charge < -0.3 is 15.7 Å². The van der Waals surface area contributed by atoms with Crippen LogP contribution in [0.25, 0.3) is 0 Å². The molecular formula is C13H18N2O3. The minimum Gasteiger partial charge on any atom is -0.508 e. The van der Waals surface area contributed by atoms with Crippen molar-refractivity contribution in [1.29, 1.82) is 0 Å². The van der Waals surface area contributed by atoms with E-state index in [-0.39, 0.29) is 30.4 Å². The summed E-state index contributed by atoms with van der Waals surface area (Å²) in [6.45, 7) is 2.73. The van der Waals surface area contributed by atoms with E-state index < -0.39 is 0 Å². The lowest BCUT2D eigenvalue weighted by atomic mass is 10.1. The fourth-order valence-electron chi connectivity index (χ4n) is 1.50. The van der Waals surface area contributed by atoms with Crippen molar-refractivity contribution in [2.75, 3.05) is 13.1 Å². The largest absolute Gasteiger partial charge is 0.508 e. The molecule has 0 saturated carbocycles. The Hall–Kier alpha value is -2.04. The van der Waals surface area contributed by atoms with Crippen LogP contribution in [0, 0.1) is 0 Å². The van der Waals surface area contributed by atoms with E-state index in [4.69, 9.17) is 0 Å². The average Bonchev–Trinajstić information content (AvgIpc) is 2.32. The van der Waals surface area contributed by atoms with E-state index >= 15 is 0 Å². The van der Waals surface area contributed by atoms with E-state index in [2.05, 4.69) is 10.6 Å². The molecule has 5 heteroatoms. The highest BCUT2D eigenvalue weighted by Gasteiger charge is 2.07. The topological polar surface area (TPSA) is 78.4 Å². The Morgan fingerprint density at radius 2 is 1.89 bits per heavy atom. The van der Waals surface area contributed by atoms with E-state index in [1.807, 2.05) is 6.92 Å². The molecule has 2 amide bonds. The molecule has 1 aromatic carbocycles. The average molecular weight is 250 g/mol. The third-order valence-corrected chi connectivity index (χ3v) is 2.39. The first-order valence-corrected chi connectivity index (χ1v) is 5.93. The molecule has 0 bridgehead atoms. The first-order chi connectivity index (χ1) is 8.63. The number of para-hydroxylation sites is 1. The van der Waals surface area contributed by atoms with E-state index in [1.54, 1.807) is 18.2 Å².